The predicted octanol–water partition coefficient (Wildman–Crippen LogP) is 2.64. The van der Waals surface area contributed by atoms with Crippen molar-refractivity contribution in [2.75, 3.05) is 16.8 Å². The Labute approximate surface area is 189 Å². The first kappa shape index (κ1) is 20.0. The maximum absolute atomic E-state index is 14.0. The Hall–Kier alpha value is -3.59. The van der Waals surface area contributed by atoms with Gasteiger partial charge in [0.1, 0.15) is 5.54 Å². The molecule has 3 saturated heterocycles. The number of nitro groups is 1. The van der Waals surface area contributed by atoms with Crippen molar-refractivity contribution in [3.63, 3.8) is 0 Å². The van der Waals surface area contributed by atoms with Gasteiger partial charge in [-0.05, 0) is 44.9 Å². The molecule has 168 valence electrons. The highest BCUT2D eigenvalue weighted by Gasteiger charge is 2.74. The maximum Gasteiger partial charge on any atom is 0.274 e. The van der Waals surface area contributed by atoms with Crippen LogP contribution in [0.2, 0.25) is 0 Å². The van der Waals surface area contributed by atoms with Gasteiger partial charge < -0.3 is 5.32 Å². The third-order valence-corrected chi connectivity index (χ3v) is 7.95. The minimum Gasteiger partial charge on any atom is -0.324 e. The molecule has 0 aliphatic carbocycles. The summed E-state index contributed by atoms with van der Waals surface area (Å²) in [5.74, 6) is -2.67. The van der Waals surface area contributed by atoms with E-state index in [9.17, 15) is 24.5 Å². The number of nitrogens with one attached hydrogen (secondary N) is 1. The van der Waals surface area contributed by atoms with E-state index in [2.05, 4.69) is 10.2 Å². The molecular formula is C24H22N4O5. The van der Waals surface area contributed by atoms with E-state index < -0.39 is 28.2 Å². The Balaban J connectivity index is 1.56. The SMILES string of the molecule is Cc1cccc2c1NC(=O)[C@@]21[C@@H]2C(=O)N(c3cccc([N+](=O)[O-])c3C)C(=O)[C@@H]2[C@H]2CCCN21. The standard InChI is InChI=1S/C24H22N4O5/c1-12-6-3-7-14-20(12)25-23(31)24(14)19-18(17-10-5-11-26(17)24)21(29)27(22(19)30)15-8-4-9-16(13(15)2)28(32)33/h3-4,6-9,17-19H,5,10-11H2,1-2H3,(H,25,31)/t17-,18-,19+,24+/m1/s1. The number of carbonyl (C=O) groups excluding carboxylic acids is 3. The number of nitro benzene ring substituents is 1. The lowest BCUT2D eigenvalue weighted by Crippen LogP contribution is -2.54. The molecule has 9 nitrogen and oxygen atoms in total. The van der Waals surface area contributed by atoms with Crippen LogP contribution in [0.3, 0.4) is 0 Å². The Morgan fingerprint density at radius 2 is 1.85 bits per heavy atom. The van der Waals surface area contributed by atoms with E-state index in [1.165, 1.54) is 12.1 Å². The summed E-state index contributed by atoms with van der Waals surface area (Å²) in [4.78, 5) is 55.6. The molecule has 4 aliphatic heterocycles. The van der Waals surface area contributed by atoms with Crippen molar-refractivity contribution in [3.8, 4) is 0 Å². The normalized spacial score (nSPS) is 30.1. The highest BCUT2D eigenvalue weighted by molar-refractivity contribution is 6.26. The first-order chi connectivity index (χ1) is 15.8. The third-order valence-electron chi connectivity index (χ3n) is 7.95. The van der Waals surface area contributed by atoms with E-state index >= 15 is 0 Å². The van der Waals surface area contributed by atoms with Gasteiger partial charge in [-0.25, -0.2) is 4.90 Å². The quantitative estimate of drug-likeness (QED) is 0.431. The summed E-state index contributed by atoms with van der Waals surface area (Å²) in [6, 6.07) is 9.82. The second-order valence-corrected chi connectivity index (χ2v) is 9.31. The number of carbonyl (C=O) groups is 3. The number of fused-ring (bicyclic) bond motifs is 7. The van der Waals surface area contributed by atoms with Crippen LogP contribution in [-0.4, -0.2) is 40.1 Å². The van der Waals surface area contributed by atoms with Crippen molar-refractivity contribution in [1.82, 2.24) is 4.90 Å². The van der Waals surface area contributed by atoms with E-state index in [4.69, 9.17) is 0 Å². The topological polar surface area (TPSA) is 113 Å². The molecule has 0 aromatic heterocycles. The molecule has 4 aliphatic rings. The monoisotopic (exact) mass is 446 g/mol. The highest BCUT2D eigenvalue weighted by atomic mass is 16.6. The molecule has 4 heterocycles. The van der Waals surface area contributed by atoms with Crippen molar-refractivity contribution in [2.45, 2.75) is 38.3 Å². The fourth-order valence-electron chi connectivity index (χ4n) is 6.67. The molecule has 0 unspecified atom stereocenters. The molecular weight excluding hydrogens is 424 g/mol. The largest absolute Gasteiger partial charge is 0.324 e. The zero-order chi connectivity index (χ0) is 23.2. The number of imide groups is 1. The number of anilines is 2. The number of aryl methyl sites for hydroxylation is 1. The second-order valence-electron chi connectivity index (χ2n) is 9.31. The Kier molecular flexibility index (Phi) is 3.93. The van der Waals surface area contributed by atoms with E-state index in [0.717, 1.165) is 28.9 Å². The number of amides is 3. The molecule has 3 fully saturated rings. The number of rotatable bonds is 2. The smallest absolute Gasteiger partial charge is 0.274 e. The van der Waals surface area contributed by atoms with Crippen LogP contribution in [0.5, 0.6) is 0 Å². The predicted molar refractivity (Wildman–Crippen MR) is 119 cm³/mol. The van der Waals surface area contributed by atoms with Gasteiger partial charge in [-0.1, -0.05) is 24.3 Å². The highest BCUT2D eigenvalue weighted by Crippen LogP contribution is 2.61. The van der Waals surface area contributed by atoms with Gasteiger partial charge in [-0.2, -0.15) is 0 Å². The Bertz CT molecular complexity index is 1290. The van der Waals surface area contributed by atoms with Crippen LogP contribution in [0.4, 0.5) is 17.1 Å². The van der Waals surface area contributed by atoms with Crippen molar-refractivity contribution < 1.29 is 19.3 Å². The number of hydrogen-bond acceptors (Lipinski definition) is 6. The Morgan fingerprint density at radius 3 is 2.61 bits per heavy atom. The average molecular weight is 446 g/mol. The molecule has 1 spiro atoms. The summed E-state index contributed by atoms with van der Waals surface area (Å²) in [7, 11) is 0. The van der Waals surface area contributed by atoms with Crippen LogP contribution in [0.1, 0.15) is 29.5 Å². The zero-order valence-corrected chi connectivity index (χ0v) is 18.2. The molecule has 2 aromatic carbocycles. The van der Waals surface area contributed by atoms with Crippen LogP contribution in [0.15, 0.2) is 36.4 Å². The second kappa shape index (κ2) is 6.48. The maximum atomic E-state index is 14.0. The van der Waals surface area contributed by atoms with Gasteiger partial charge in [0.2, 0.25) is 17.7 Å². The summed E-state index contributed by atoms with van der Waals surface area (Å²) in [6.45, 7) is 4.09. The van der Waals surface area contributed by atoms with E-state index in [1.807, 2.05) is 25.1 Å². The number of hydrogen-bond donors (Lipinski definition) is 1. The van der Waals surface area contributed by atoms with Gasteiger partial charge in [0.25, 0.3) is 5.69 Å². The van der Waals surface area contributed by atoms with Gasteiger partial charge in [-0.15, -0.1) is 0 Å². The summed E-state index contributed by atoms with van der Waals surface area (Å²) >= 11 is 0. The summed E-state index contributed by atoms with van der Waals surface area (Å²) in [6.07, 6.45) is 1.56. The van der Waals surface area contributed by atoms with E-state index in [0.29, 0.717) is 12.2 Å². The number of para-hydroxylation sites is 1. The van der Waals surface area contributed by atoms with Gasteiger partial charge >= 0.3 is 0 Å². The lowest BCUT2D eigenvalue weighted by Gasteiger charge is -2.36. The molecule has 1 N–H and O–H groups in total. The van der Waals surface area contributed by atoms with Gasteiger partial charge in [0, 0.05) is 23.4 Å². The van der Waals surface area contributed by atoms with Crippen LogP contribution < -0.4 is 10.2 Å². The summed E-state index contributed by atoms with van der Waals surface area (Å²) in [5.41, 5.74) is 1.43. The first-order valence-electron chi connectivity index (χ1n) is 11.1. The lowest BCUT2D eigenvalue weighted by atomic mass is 9.75. The number of nitrogens with zero attached hydrogens (tertiary/aromatic N) is 3. The molecule has 33 heavy (non-hydrogen) atoms. The average Bonchev–Trinajstić information content (AvgIpc) is 3.48. The van der Waals surface area contributed by atoms with Crippen LogP contribution in [0.25, 0.3) is 0 Å². The molecule has 0 radical (unpaired) electrons. The van der Waals surface area contributed by atoms with Crippen LogP contribution >= 0.6 is 0 Å². The van der Waals surface area contributed by atoms with Gasteiger partial charge in [0.15, 0.2) is 0 Å². The van der Waals surface area contributed by atoms with Gasteiger partial charge in [-0.3, -0.25) is 29.4 Å². The molecule has 4 atom stereocenters. The van der Waals surface area contributed by atoms with Gasteiger partial charge in [0.05, 0.1) is 28.0 Å². The van der Waals surface area contributed by atoms with Crippen molar-refractivity contribution in [2.24, 2.45) is 11.8 Å². The minimum atomic E-state index is -1.25. The molecule has 6 rings (SSSR count). The van der Waals surface area contributed by atoms with Crippen molar-refractivity contribution in [1.29, 1.82) is 0 Å². The molecule has 3 amide bonds. The molecule has 2 aromatic rings. The van der Waals surface area contributed by atoms with Crippen molar-refractivity contribution >= 4 is 34.8 Å². The molecule has 0 saturated carbocycles. The zero-order valence-electron chi connectivity index (χ0n) is 18.2. The fourth-order valence-corrected chi connectivity index (χ4v) is 6.67. The van der Waals surface area contributed by atoms with E-state index in [-0.39, 0.29) is 34.8 Å². The molecule has 0 bridgehead atoms. The minimum absolute atomic E-state index is 0.151. The Morgan fingerprint density at radius 1 is 1.09 bits per heavy atom. The lowest BCUT2D eigenvalue weighted by molar-refractivity contribution is -0.385. The third kappa shape index (κ3) is 2.22. The molecule has 9 heteroatoms. The summed E-state index contributed by atoms with van der Waals surface area (Å²) in [5, 5.41) is 14.5. The summed E-state index contributed by atoms with van der Waals surface area (Å²) < 4.78 is 0. The van der Waals surface area contributed by atoms with Crippen LogP contribution in [-0.2, 0) is 19.9 Å². The fraction of sp³-hybridized carbons (Fsp3) is 0.375. The van der Waals surface area contributed by atoms with Crippen molar-refractivity contribution in [3.05, 3.63) is 63.2 Å². The first-order valence-corrected chi connectivity index (χ1v) is 11.1. The number of benzene rings is 2. The van der Waals surface area contributed by atoms with E-state index in [1.54, 1.807) is 13.0 Å². The van der Waals surface area contributed by atoms with Crippen LogP contribution in [0, 0.1) is 35.8 Å².